The van der Waals surface area contributed by atoms with Gasteiger partial charge in [-0.05, 0) is 25.3 Å². The number of hydrogen-bond acceptors (Lipinski definition) is 4. The van der Waals surface area contributed by atoms with Crippen molar-refractivity contribution in [3.63, 3.8) is 0 Å². The predicted molar refractivity (Wildman–Crippen MR) is 92.1 cm³/mol. The van der Waals surface area contributed by atoms with Crippen molar-refractivity contribution >= 4 is 27.9 Å². The Hall–Kier alpha value is -2.47. The third-order valence-electron chi connectivity index (χ3n) is 3.62. The molecule has 1 aromatic carbocycles. The first-order valence-corrected chi connectivity index (χ1v) is 8.33. The van der Waals surface area contributed by atoms with Crippen LogP contribution in [0, 0.1) is 6.92 Å². The largest absolute Gasteiger partial charge is 0.320 e. The zero-order chi connectivity index (χ0) is 16.2. The van der Waals surface area contributed by atoms with E-state index in [4.69, 9.17) is 0 Å². The lowest BCUT2D eigenvalue weighted by Gasteiger charge is -2.07. The summed E-state index contributed by atoms with van der Waals surface area (Å²) in [4.78, 5) is 29.4. The Balaban J connectivity index is 1.65. The van der Waals surface area contributed by atoms with E-state index in [1.54, 1.807) is 18.5 Å². The van der Waals surface area contributed by atoms with Crippen molar-refractivity contribution in [1.82, 2.24) is 9.38 Å². The quantitative estimate of drug-likeness (QED) is 0.783. The Bertz CT molecular complexity index is 884. The molecule has 0 radical (unpaired) electrons. The summed E-state index contributed by atoms with van der Waals surface area (Å²) >= 11 is 1.39. The third kappa shape index (κ3) is 3.48. The number of aryl methyl sites for hydroxylation is 2. The number of carbonyl (C=O) groups excluding carboxylic acids is 1. The second kappa shape index (κ2) is 6.75. The number of thiazole rings is 1. The van der Waals surface area contributed by atoms with Crippen molar-refractivity contribution in [2.75, 3.05) is 5.32 Å². The van der Waals surface area contributed by atoms with Crippen LogP contribution < -0.4 is 10.9 Å². The molecule has 0 fully saturated rings. The van der Waals surface area contributed by atoms with E-state index in [-0.39, 0.29) is 17.2 Å². The topological polar surface area (TPSA) is 63.5 Å². The van der Waals surface area contributed by atoms with Gasteiger partial charge in [0, 0.05) is 18.0 Å². The lowest BCUT2D eigenvalue weighted by molar-refractivity contribution is -0.116. The molecule has 3 aromatic rings. The van der Waals surface area contributed by atoms with Gasteiger partial charge in [0.05, 0.1) is 5.69 Å². The molecule has 3 rings (SSSR count). The molecule has 0 aliphatic carbocycles. The number of fused-ring (bicyclic) bond motifs is 1. The summed E-state index contributed by atoms with van der Waals surface area (Å²) < 4.78 is 1.46. The molecule has 2 heterocycles. The number of nitrogens with one attached hydrogen (secondary N) is 1. The Morgan fingerprint density at radius 3 is 2.87 bits per heavy atom. The van der Waals surface area contributed by atoms with Crippen molar-refractivity contribution in [2.24, 2.45) is 0 Å². The number of rotatable bonds is 5. The van der Waals surface area contributed by atoms with E-state index in [1.807, 2.05) is 30.3 Å². The third-order valence-corrected chi connectivity index (χ3v) is 4.38. The lowest BCUT2D eigenvalue weighted by atomic mass is 10.1. The van der Waals surface area contributed by atoms with Crippen LogP contribution in [0.5, 0.6) is 0 Å². The highest BCUT2D eigenvalue weighted by molar-refractivity contribution is 7.15. The first-order chi connectivity index (χ1) is 11.1. The molecule has 0 saturated carbocycles. The highest BCUT2D eigenvalue weighted by Crippen LogP contribution is 2.13. The van der Waals surface area contributed by atoms with Gasteiger partial charge in [-0.15, -0.1) is 11.3 Å². The molecule has 0 bridgehead atoms. The van der Waals surface area contributed by atoms with Crippen LogP contribution in [-0.2, 0) is 11.2 Å². The average molecular weight is 327 g/mol. The Morgan fingerprint density at radius 2 is 2.09 bits per heavy atom. The number of anilines is 1. The predicted octanol–water partition coefficient (Wildman–Crippen LogP) is 3.03. The number of carbonyl (C=O) groups is 1. The maximum atomic E-state index is 12.4. The first kappa shape index (κ1) is 15.4. The number of nitrogens with zero attached hydrogens (tertiary/aromatic N) is 2. The van der Waals surface area contributed by atoms with E-state index < -0.39 is 0 Å². The average Bonchev–Trinajstić information content (AvgIpc) is 3.01. The molecule has 1 amide bonds. The van der Waals surface area contributed by atoms with Crippen LogP contribution in [-0.4, -0.2) is 15.3 Å². The van der Waals surface area contributed by atoms with Gasteiger partial charge in [0.25, 0.3) is 5.56 Å². The standard InChI is InChI=1S/C17H17N3O2S/c1-12-15(16(22)20-10-11-23-17(20)18-12)19-14(21)9-5-8-13-6-3-2-4-7-13/h2-4,6-7,10-11H,5,8-9H2,1H3,(H,19,21). The second-order valence-corrected chi connectivity index (χ2v) is 6.19. The van der Waals surface area contributed by atoms with Crippen molar-refractivity contribution in [1.29, 1.82) is 0 Å². The Kier molecular flexibility index (Phi) is 4.52. The number of aromatic nitrogens is 2. The first-order valence-electron chi connectivity index (χ1n) is 7.45. The van der Waals surface area contributed by atoms with Crippen LogP contribution >= 0.6 is 11.3 Å². The van der Waals surface area contributed by atoms with Crippen molar-refractivity contribution in [3.05, 3.63) is 63.5 Å². The summed E-state index contributed by atoms with van der Waals surface area (Å²) in [5.74, 6) is -0.155. The maximum absolute atomic E-state index is 12.4. The molecule has 2 aromatic heterocycles. The van der Waals surface area contributed by atoms with Crippen molar-refractivity contribution in [3.8, 4) is 0 Å². The van der Waals surface area contributed by atoms with Crippen LogP contribution in [0.15, 0.2) is 46.7 Å². The molecule has 5 nitrogen and oxygen atoms in total. The van der Waals surface area contributed by atoms with Gasteiger partial charge >= 0.3 is 0 Å². The fourth-order valence-corrected chi connectivity index (χ4v) is 3.18. The van der Waals surface area contributed by atoms with E-state index in [2.05, 4.69) is 10.3 Å². The van der Waals surface area contributed by atoms with Crippen LogP contribution in [0.4, 0.5) is 5.69 Å². The molecule has 0 aliphatic heterocycles. The molecule has 1 N–H and O–H groups in total. The maximum Gasteiger partial charge on any atom is 0.282 e. The van der Waals surface area contributed by atoms with Crippen molar-refractivity contribution < 1.29 is 4.79 Å². The van der Waals surface area contributed by atoms with Gasteiger partial charge in [-0.25, -0.2) is 4.98 Å². The molecule has 6 heteroatoms. The van der Waals surface area contributed by atoms with Crippen LogP contribution in [0.3, 0.4) is 0 Å². The van der Waals surface area contributed by atoms with Crippen LogP contribution in [0.1, 0.15) is 24.1 Å². The fourth-order valence-electron chi connectivity index (χ4n) is 2.43. The zero-order valence-corrected chi connectivity index (χ0v) is 13.6. The summed E-state index contributed by atoms with van der Waals surface area (Å²) in [6, 6.07) is 10.0. The van der Waals surface area contributed by atoms with E-state index >= 15 is 0 Å². The summed E-state index contributed by atoms with van der Waals surface area (Å²) in [5.41, 5.74) is 1.79. The molecule has 0 unspecified atom stereocenters. The lowest BCUT2D eigenvalue weighted by Crippen LogP contribution is -2.24. The van der Waals surface area contributed by atoms with E-state index in [0.717, 1.165) is 12.8 Å². The highest BCUT2D eigenvalue weighted by atomic mass is 32.1. The SMILES string of the molecule is Cc1nc2sccn2c(=O)c1NC(=O)CCCc1ccccc1. The van der Waals surface area contributed by atoms with E-state index in [0.29, 0.717) is 17.1 Å². The van der Waals surface area contributed by atoms with Gasteiger partial charge in [0.2, 0.25) is 5.91 Å². The number of benzene rings is 1. The molecular weight excluding hydrogens is 310 g/mol. The number of hydrogen-bond donors (Lipinski definition) is 1. The summed E-state index contributed by atoms with van der Waals surface area (Å²) in [6.45, 7) is 1.74. The molecule has 0 aliphatic rings. The normalized spacial score (nSPS) is 10.8. The van der Waals surface area contributed by atoms with Crippen LogP contribution in [0.25, 0.3) is 4.96 Å². The molecular formula is C17H17N3O2S. The minimum absolute atomic E-state index is 0.155. The monoisotopic (exact) mass is 327 g/mol. The Labute approximate surface area is 137 Å². The summed E-state index contributed by atoms with van der Waals surface area (Å²) in [6.07, 6.45) is 3.62. The van der Waals surface area contributed by atoms with E-state index in [9.17, 15) is 9.59 Å². The number of amides is 1. The van der Waals surface area contributed by atoms with Gasteiger partial charge < -0.3 is 5.32 Å². The summed E-state index contributed by atoms with van der Waals surface area (Å²) in [7, 11) is 0. The molecule has 118 valence electrons. The molecule has 0 spiro atoms. The smallest absolute Gasteiger partial charge is 0.282 e. The minimum atomic E-state index is -0.231. The van der Waals surface area contributed by atoms with Gasteiger partial charge in [0.15, 0.2) is 4.96 Å². The van der Waals surface area contributed by atoms with E-state index in [1.165, 1.54) is 21.3 Å². The molecule has 0 atom stereocenters. The highest BCUT2D eigenvalue weighted by Gasteiger charge is 2.13. The second-order valence-electron chi connectivity index (χ2n) is 5.32. The minimum Gasteiger partial charge on any atom is -0.320 e. The van der Waals surface area contributed by atoms with Crippen molar-refractivity contribution in [2.45, 2.75) is 26.2 Å². The molecule has 23 heavy (non-hydrogen) atoms. The summed E-state index contributed by atoms with van der Waals surface area (Å²) in [5, 5.41) is 4.52. The van der Waals surface area contributed by atoms with Gasteiger partial charge in [-0.3, -0.25) is 14.0 Å². The van der Waals surface area contributed by atoms with Gasteiger partial charge in [-0.2, -0.15) is 0 Å². The van der Waals surface area contributed by atoms with Gasteiger partial charge in [0.1, 0.15) is 5.69 Å². The molecule has 0 saturated heterocycles. The fraction of sp³-hybridized carbons (Fsp3) is 0.235. The van der Waals surface area contributed by atoms with Crippen LogP contribution in [0.2, 0.25) is 0 Å². The zero-order valence-electron chi connectivity index (χ0n) is 12.8. The van der Waals surface area contributed by atoms with Gasteiger partial charge in [-0.1, -0.05) is 30.3 Å². The Morgan fingerprint density at radius 1 is 1.30 bits per heavy atom.